The summed E-state index contributed by atoms with van der Waals surface area (Å²) in [7, 11) is -0.0312. The van der Waals surface area contributed by atoms with Crippen molar-refractivity contribution in [2.75, 3.05) is 7.11 Å². The lowest BCUT2D eigenvalue weighted by molar-refractivity contribution is 0.147. The van der Waals surface area contributed by atoms with Gasteiger partial charge in [-0.05, 0) is 43.8 Å². The van der Waals surface area contributed by atoms with E-state index in [2.05, 4.69) is 57.4 Å². The molecule has 0 fully saturated rings. The van der Waals surface area contributed by atoms with Crippen LogP contribution in [0.5, 0.6) is 0 Å². The van der Waals surface area contributed by atoms with Gasteiger partial charge in [-0.2, -0.15) is 0 Å². The maximum absolute atomic E-state index is 5.84. The number of hydrogen-bond acceptors (Lipinski definition) is 3. The Balaban J connectivity index is 2.69. The molecule has 0 aliphatic carbocycles. The highest BCUT2D eigenvalue weighted by molar-refractivity contribution is 8.03. The molecule has 110 valence electrons. The van der Waals surface area contributed by atoms with E-state index in [0.717, 1.165) is 11.3 Å². The van der Waals surface area contributed by atoms with Gasteiger partial charge in [0, 0.05) is 15.9 Å². The Morgan fingerprint density at radius 1 is 1.25 bits per heavy atom. The van der Waals surface area contributed by atoms with Crippen LogP contribution in [0.2, 0.25) is 19.6 Å². The van der Waals surface area contributed by atoms with Crippen LogP contribution in [-0.4, -0.2) is 15.4 Å². The van der Waals surface area contributed by atoms with Crippen LogP contribution in [-0.2, 0) is 15.6 Å². The SMILES string of the molecule is C=C(/C=C(\OC)O[Si](C)(C)C)Sc1ccc(CC)cc1. The Morgan fingerprint density at radius 2 is 1.85 bits per heavy atom. The molecule has 0 N–H and O–H groups in total. The van der Waals surface area contributed by atoms with Gasteiger partial charge in [0.1, 0.15) is 0 Å². The van der Waals surface area contributed by atoms with Crippen LogP contribution in [0, 0.1) is 0 Å². The normalized spacial score (nSPS) is 12.2. The van der Waals surface area contributed by atoms with Crippen molar-refractivity contribution < 1.29 is 9.16 Å². The Bertz CT molecular complexity index is 472. The molecule has 2 nitrogen and oxygen atoms in total. The topological polar surface area (TPSA) is 18.5 Å². The molecular weight excluding hydrogens is 284 g/mol. The third-order valence-corrected chi connectivity index (χ3v) is 4.17. The molecule has 0 radical (unpaired) electrons. The average molecular weight is 309 g/mol. The van der Waals surface area contributed by atoms with Crippen LogP contribution in [0.1, 0.15) is 12.5 Å². The first-order valence-corrected chi connectivity index (χ1v) is 11.0. The van der Waals surface area contributed by atoms with Crippen molar-refractivity contribution in [3.05, 3.63) is 53.3 Å². The average Bonchev–Trinajstić information content (AvgIpc) is 2.37. The standard InChI is InChI=1S/C16H24O2SSi/c1-7-14-8-10-15(11-9-14)19-13(2)12-16(17-3)18-20(4,5)6/h8-12H,2,7H2,1,3-6H3/b16-12+. The summed E-state index contributed by atoms with van der Waals surface area (Å²) in [4.78, 5) is 2.08. The lowest BCUT2D eigenvalue weighted by atomic mass is 10.2. The maximum Gasteiger partial charge on any atom is 0.266 e. The van der Waals surface area contributed by atoms with Crippen LogP contribution in [0.3, 0.4) is 0 Å². The molecular formula is C16H24O2SSi. The number of methoxy groups -OCH3 is 1. The van der Waals surface area contributed by atoms with Crippen molar-refractivity contribution in [3.8, 4) is 0 Å². The van der Waals surface area contributed by atoms with Gasteiger partial charge in [0.05, 0.1) is 7.11 Å². The molecule has 0 saturated carbocycles. The number of aryl methyl sites for hydroxylation is 1. The highest BCUT2D eigenvalue weighted by atomic mass is 32.2. The molecule has 0 unspecified atom stereocenters. The van der Waals surface area contributed by atoms with Gasteiger partial charge >= 0.3 is 0 Å². The molecule has 0 amide bonds. The number of thioether (sulfide) groups is 1. The van der Waals surface area contributed by atoms with Crippen LogP contribution < -0.4 is 0 Å². The summed E-state index contributed by atoms with van der Waals surface area (Å²) in [6, 6.07) is 8.53. The predicted molar refractivity (Wildman–Crippen MR) is 90.3 cm³/mol. The van der Waals surface area contributed by atoms with Crippen molar-refractivity contribution in [2.24, 2.45) is 0 Å². The van der Waals surface area contributed by atoms with Crippen molar-refractivity contribution >= 4 is 20.1 Å². The Labute approximate surface area is 128 Å². The minimum absolute atomic E-state index is 0.548. The molecule has 1 aromatic rings. The zero-order chi connectivity index (χ0) is 15.2. The van der Waals surface area contributed by atoms with Gasteiger partial charge in [-0.25, -0.2) is 0 Å². The second kappa shape index (κ2) is 7.60. The van der Waals surface area contributed by atoms with Crippen LogP contribution >= 0.6 is 11.8 Å². The molecule has 0 atom stereocenters. The number of rotatable bonds is 7. The third kappa shape index (κ3) is 6.35. The third-order valence-electron chi connectivity index (χ3n) is 2.47. The highest BCUT2D eigenvalue weighted by Crippen LogP contribution is 2.28. The van der Waals surface area contributed by atoms with Gasteiger partial charge in [0.15, 0.2) is 0 Å². The summed E-state index contributed by atoms with van der Waals surface area (Å²) in [5.41, 5.74) is 1.34. The molecule has 1 rings (SSSR count). The quantitative estimate of drug-likeness (QED) is 0.299. The molecule has 0 aliphatic heterocycles. The lowest BCUT2D eigenvalue weighted by Crippen LogP contribution is -2.25. The first-order chi connectivity index (χ1) is 9.34. The van der Waals surface area contributed by atoms with Crippen LogP contribution in [0.15, 0.2) is 52.7 Å². The van der Waals surface area contributed by atoms with Gasteiger partial charge in [0.25, 0.3) is 5.95 Å². The molecule has 0 aromatic heterocycles. The largest absolute Gasteiger partial charge is 0.520 e. The summed E-state index contributed by atoms with van der Waals surface area (Å²) in [6.07, 6.45) is 2.92. The summed E-state index contributed by atoms with van der Waals surface area (Å²) < 4.78 is 11.1. The number of ether oxygens (including phenoxy) is 1. The van der Waals surface area contributed by atoms with Crippen molar-refractivity contribution in [1.82, 2.24) is 0 Å². The molecule has 20 heavy (non-hydrogen) atoms. The van der Waals surface area contributed by atoms with E-state index in [-0.39, 0.29) is 0 Å². The smallest absolute Gasteiger partial charge is 0.266 e. The summed E-state index contributed by atoms with van der Waals surface area (Å²) >= 11 is 1.62. The zero-order valence-corrected chi connectivity index (χ0v) is 14.8. The van der Waals surface area contributed by atoms with E-state index in [0.29, 0.717) is 5.95 Å². The molecule has 1 aromatic carbocycles. The van der Waals surface area contributed by atoms with E-state index >= 15 is 0 Å². The lowest BCUT2D eigenvalue weighted by Gasteiger charge is -2.20. The monoisotopic (exact) mass is 308 g/mol. The van der Waals surface area contributed by atoms with Gasteiger partial charge in [-0.15, -0.1) is 0 Å². The van der Waals surface area contributed by atoms with E-state index in [4.69, 9.17) is 9.16 Å². The van der Waals surface area contributed by atoms with E-state index in [1.54, 1.807) is 18.9 Å². The predicted octanol–water partition coefficient (Wildman–Crippen LogP) is 5.19. The Hall–Kier alpha value is -1.13. The van der Waals surface area contributed by atoms with Crippen molar-refractivity contribution in [1.29, 1.82) is 0 Å². The van der Waals surface area contributed by atoms with Gasteiger partial charge in [0.2, 0.25) is 8.32 Å². The van der Waals surface area contributed by atoms with Gasteiger partial charge in [-0.3, -0.25) is 0 Å². The molecule has 0 bridgehead atoms. The molecule has 0 spiro atoms. The summed E-state index contributed by atoms with van der Waals surface area (Å²) in [5.74, 6) is 0.548. The second-order valence-electron chi connectivity index (χ2n) is 5.45. The molecule has 0 heterocycles. The van der Waals surface area contributed by atoms with Crippen molar-refractivity contribution in [2.45, 2.75) is 37.9 Å². The second-order valence-corrected chi connectivity index (χ2v) is 11.1. The fourth-order valence-corrected chi connectivity index (χ4v) is 3.01. The highest BCUT2D eigenvalue weighted by Gasteiger charge is 2.18. The van der Waals surface area contributed by atoms with E-state index in [1.165, 1.54) is 10.5 Å². The minimum Gasteiger partial charge on any atom is -0.520 e. The number of allylic oxidation sites excluding steroid dienone is 1. The first kappa shape index (κ1) is 16.9. The maximum atomic E-state index is 5.84. The van der Waals surface area contributed by atoms with E-state index in [1.807, 2.05) is 6.08 Å². The molecule has 4 heteroatoms. The Morgan fingerprint density at radius 3 is 2.30 bits per heavy atom. The van der Waals surface area contributed by atoms with Crippen LogP contribution in [0.25, 0.3) is 0 Å². The number of hydrogen-bond donors (Lipinski definition) is 0. The first-order valence-electron chi connectivity index (χ1n) is 6.74. The van der Waals surface area contributed by atoms with E-state index in [9.17, 15) is 0 Å². The van der Waals surface area contributed by atoms with Crippen molar-refractivity contribution in [3.63, 3.8) is 0 Å². The molecule has 0 saturated heterocycles. The summed E-state index contributed by atoms with van der Waals surface area (Å²) in [6.45, 7) is 12.6. The van der Waals surface area contributed by atoms with E-state index < -0.39 is 8.32 Å². The van der Waals surface area contributed by atoms with Gasteiger partial charge < -0.3 is 9.16 Å². The Kier molecular flexibility index (Phi) is 6.43. The fourth-order valence-electron chi connectivity index (χ4n) is 1.54. The van der Waals surface area contributed by atoms with Gasteiger partial charge in [-0.1, -0.05) is 37.4 Å². The van der Waals surface area contributed by atoms with Crippen LogP contribution in [0.4, 0.5) is 0 Å². The molecule has 0 aliphatic rings. The number of benzene rings is 1. The zero-order valence-electron chi connectivity index (χ0n) is 13.0. The fraction of sp³-hybridized carbons (Fsp3) is 0.375. The minimum atomic E-state index is -1.66. The summed E-state index contributed by atoms with van der Waals surface area (Å²) in [5, 5.41) is 0.